The molecule has 0 N–H and O–H groups in total. The van der Waals surface area contributed by atoms with Gasteiger partial charge in [0, 0.05) is 24.7 Å². The van der Waals surface area contributed by atoms with Gasteiger partial charge in [-0.1, -0.05) is 13.0 Å². The summed E-state index contributed by atoms with van der Waals surface area (Å²) in [6.07, 6.45) is 2.65. The number of aryl methyl sites for hydroxylation is 1. The fraction of sp³-hybridized carbons (Fsp3) is 0.429. The predicted octanol–water partition coefficient (Wildman–Crippen LogP) is 3.19. The van der Waals surface area contributed by atoms with Crippen LogP contribution in [-0.4, -0.2) is 27.6 Å². The number of hydrogen-bond acceptors (Lipinski definition) is 3. The van der Waals surface area contributed by atoms with Gasteiger partial charge in [0.15, 0.2) is 0 Å². The summed E-state index contributed by atoms with van der Waals surface area (Å²) >= 11 is 1.67. The van der Waals surface area contributed by atoms with Crippen LogP contribution in [0.1, 0.15) is 41.7 Å². The van der Waals surface area contributed by atoms with E-state index in [9.17, 15) is 4.79 Å². The summed E-state index contributed by atoms with van der Waals surface area (Å²) in [6.45, 7) is 4.90. The number of carbonyl (C=O) groups excluding carboxylic acids is 1. The highest BCUT2D eigenvalue weighted by atomic mass is 32.1. The number of nitrogens with zero attached hydrogens (tertiary/aromatic N) is 3. The van der Waals surface area contributed by atoms with E-state index < -0.39 is 0 Å². The minimum atomic E-state index is 0.0202. The van der Waals surface area contributed by atoms with Crippen LogP contribution in [0.3, 0.4) is 0 Å². The number of carbonyl (C=O) groups is 1. The third-order valence-electron chi connectivity index (χ3n) is 3.23. The van der Waals surface area contributed by atoms with Crippen LogP contribution in [0.5, 0.6) is 0 Å². The second-order valence-corrected chi connectivity index (χ2v) is 5.53. The molecule has 2 rings (SSSR count). The van der Waals surface area contributed by atoms with Gasteiger partial charge in [0.05, 0.1) is 6.04 Å². The molecule has 1 unspecified atom stereocenters. The Bertz CT molecular complexity index is 533. The lowest BCUT2D eigenvalue weighted by Gasteiger charge is -2.24. The topological polar surface area (TPSA) is 38.1 Å². The summed E-state index contributed by atoms with van der Waals surface area (Å²) in [5, 5.41) is 6.24. The van der Waals surface area contributed by atoms with Crippen molar-refractivity contribution in [1.29, 1.82) is 0 Å². The first kappa shape index (κ1) is 13.8. The molecule has 2 aromatic heterocycles. The Labute approximate surface area is 117 Å². The summed E-state index contributed by atoms with van der Waals surface area (Å²) in [7, 11) is 1.84. The Balaban J connectivity index is 2.16. The summed E-state index contributed by atoms with van der Waals surface area (Å²) in [5.41, 5.74) is 0.660. The van der Waals surface area contributed by atoms with Crippen molar-refractivity contribution < 1.29 is 4.79 Å². The first-order valence-corrected chi connectivity index (χ1v) is 7.35. The third-order valence-corrected chi connectivity index (χ3v) is 4.27. The molecule has 102 valence electrons. The molecule has 0 saturated carbocycles. The largest absolute Gasteiger partial charge is 0.333 e. The van der Waals surface area contributed by atoms with E-state index in [-0.39, 0.29) is 11.9 Å². The van der Waals surface area contributed by atoms with Crippen molar-refractivity contribution in [3.8, 4) is 0 Å². The summed E-state index contributed by atoms with van der Waals surface area (Å²) in [4.78, 5) is 15.5. The maximum atomic E-state index is 12.5. The highest BCUT2D eigenvalue weighted by molar-refractivity contribution is 7.10. The highest BCUT2D eigenvalue weighted by Gasteiger charge is 2.22. The lowest BCUT2D eigenvalue weighted by atomic mass is 10.2. The normalized spacial score (nSPS) is 12.4. The van der Waals surface area contributed by atoms with E-state index in [0.29, 0.717) is 5.69 Å². The van der Waals surface area contributed by atoms with Crippen LogP contribution in [0, 0.1) is 0 Å². The molecular weight excluding hydrogens is 258 g/mol. The monoisotopic (exact) mass is 277 g/mol. The van der Waals surface area contributed by atoms with Crippen molar-refractivity contribution in [2.24, 2.45) is 0 Å². The van der Waals surface area contributed by atoms with Gasteiger partial charge >= 0.3 is 0 Å². The minimum absolute atomic E-state index is 0.0202. The first-order chi connectivity index (χ1) is 9.15. The van der Waals surface area contributed by atoms with Gasteiger partial charge in [0.2, 0.25) is 0 Å². The molecule has 19 heavy (non-hydrogen) atoms. The molecule has 0 fully saturated rings. The van der Waals surface area contributed by atoms with E-state index in [2.05, 4.69) is 18.1 Å². The zero-order valence-corrected chi connectivity index (χ0v) is 12.4. The van der Waals surface area contributed by atoms with Crippen molar-refractivity contribution >= 4 is 17.2 Å². The van der Waals surface area contributed by atoms with Gasteiger partial charge in [0.1, 0.15) is 5.69 Å². The van der Waals surface area contributed by atoms with Gasteiger partial charge in [-0.05, 0) is 30.9 Å². The van der Waals surface area contributed by atoms with Gasteiger partial charge in [-0.3, -0.25) is 9.48 Å². The molecule has 0 spiro atoms. The van der Waals surface area contributed by atoms with Crippen LogP contribution in [0.25, 0.3) is 0 Å². The Morgan fingerprint density at radius 2 is 2.32 bits per heavy atom. The molecule has 0 aliphatic heterocycles. The standard InChI is InChI=1S/C14H19N3OS/c1-4-9-17-12(7-8-15-17)14(18)16(3)11(2)13-6-5-10-19-13/h5-8,10-11H,4,9H2,1-3H3. The minimum Gasteiger partial charge on any atom is -0.333 e. The van der Waals surface area contributed by atoms with E-state index in [1.807, 2.05) is 25.4 Å². The average Bonchev–Trinajstić information content (AvgIpc) is 3.07. The number of rotatable bonds is 5. The molecule has 0 radical (unpaired) electrons. The van der Waals surface area contributed by atoms with Crippen molar-refractivity contribution in [3.63, 3.8) is 0 Å². The third kappa shape index (κ3) is 2.87. The lowest BCUT2D eigenvalue weighted by Crippen LogP contribution is -2.31. The predicted molar refractivity (Wildman–Crippen MR) is 77.3 cm³/mol. The number of hydrogen-bond donors (Lipinski definition) is 0. The lowest BCUT2D eigenvalue weighted by molar-refractivity contribution is 0.0732. The summed E-state index contributed by atoms with van der Waals surface area (Å²) in [5.74, 6) is 0.0202. The van der Waals surface area contributed by atoms with Crippen LogP contribution in [0.2, 0.25) is 0 Å². The van der Waals surface area contributed by atoms with Crippen LogP contribution in [-0.2, 0) is 6.54 Å². The molecular formula is C14H19N3OS. The van der Waals surface area contributed by atoms with Gasteiger partial charge in [-0.2, -0.15) is 5.10 Å². The molecule has 2 aromatic rings. The van der Waals surface area contributed by atoms with Crippen molar-refractivity contribution in [1.82, 2.24) is 14.7 Å². The maximum Gasteiger partial charge on any atom is 0.272 e. The molecule has 0 saturated heterocycles. The molecule has 5 heteroatoms. The SMILES string of the molecule is CCCn1nccc1C(=O)N(C)C(C)c1cccs1. The van der Waals surface area contributed by atoms with Crippen LogP contribution < -0.4 is 0 Å². The van der Waals surface area contributed by atoms with Gasteiger partial charge < -0.3 is 4.90 Å². The van der Waals surface area contributed by atoms with E-state index in [1.54, 1.807) is 33.2 Å². The van der Waals surface area contributed by atoms with Gasteiger partial charge in [-0.25, -0.2) is 0 Å². The van der Waals surface area contributed by atoms with Crippen LogP contribution >= 0.6 is 11.3 Å². The smallest absolute Gasteiger partial charge is 0.272 e. The maximum absolute atomic E-state index is 12.5. The van der Waals surface area contributed by atoms with Crippen LogP contribution in [0.15, 0.2) is 29.8 Å². The summed E-state index contributed by atoms with van der Waals surface area (Å²) < 4.78 is 1.78. The Morgan fingerprint density at radius 3 is 2.95 bits per heavy atom. The molecule has 0 aliphatic carbocycles. The van der Waals surface area contributed by atoms with Crippen molar-refractivity contribution in [3.05, 3.63) is 40.3 Å². The second-order valence-electron chi connectivity index (χ2n) is 4.55. The number of aromatic nitrogens is 2. The van der Waals surface area contributed by atoms with Crippen molar-refractivity contribution in [2.75, 3.05) is 7.05 Å². The van der Waals surface area contributed by atoms with E-state index in [0.717, 1.165) is 13.0 Å². The molecule has 0 aliphatic rings. The van der Waals surface area contributed by atoms with E-state index in [4.69, 9.17) is 0 Å². The fourth-order valence-electron chi connectivity index (χ4n) is 1.98. The average molecular weight is 277 g/mol. The first-order valence-electron chi connectivity index (χ1n) is 6.47. The molecule has 2 heterocycles. The zero-order valence-electron chi connectivity index (χ0n) is 11.5. The molecule has 0 bridgehead atoms. The zero-order chi connectivity index (χ0) is 13.8. The van der Waals surface area contributed by atoms with Crippen molar-refractivity contribution in [2.45, 2.75) is 32.9 Å². The Hall–Kier alpha value is -1.62. The summed E-state index contributed by atoms with van der Waals surface area (Å²) in [6, 6.07) is 5.94. The number of thiophene rings is 1. The van der Waals surface area contributed by atoms with E-state index in [1.165, 1.54) is 4.88 Å². The molecule has 1 atom stereocenters. The number of amides is 1. The van der Waals surface area contributed by atoms with Gasteiger partial charge in [-0.15, -0.1) is 11.3 Å². The second kappa shape index (κ2) is 6.02. The fourth-order valence-corrected chi connectivity index (χ4v) is 2.81. The molecule has 1 amide bonds. The van der Waals surface area contributed by atoms with Gasteiger partial charge in [0.25, 0.3) is 5.91 Å². The molecule has 4 nitrogen and oxygen atoms in total. The Morgan fingerprint density at radius 1 is 1.53 bits per heavy atom. The van der Waals surface area contributed by atoms with E-state index >= 15 is 0 Å². The molecule has 0 aromatic carbocycles. The quantitative estimate of drug-likeness (QED) is 0.842. The highest BCUT2D eigenvalue weighted by Crippen LogP contribution is 2.24. The van der Waals surface area contributed by atoms with Crippen LogP contribution in [0.4, 0.5) is 0 Å². The Kier molecular flexibility index (Phi) is 4.37.